The molecule has 0 aliphatic carbocycles. The van der Waals surface area contributed by atoms with Crippen molar-refractivity contribution in [1.82, 2.24) is 14.9 Å². The molecular formula is C10H9BrN4O3S2. The normalized spacial score (nSPS) is 11.2. The number of nitrogens with zero attached hydrogens (tertiary/aromatic N) is 2. The summed E-state index contributed by atoms with van der Waals surface area (Å²) in [5.74, 6) is -0.512. The summed E-state index contributed by atoms with van der Waals surface area (Å²) in [6.07, 6.45) is 0. The zero-order chi connectivity index (χ0) is 14.6. The first-order valence-electron chi connectivity index (χ1n) is 5.28. The van der Waals surface area contributed by atoms with Crippen molar-refractivity contribution in [2.45, 2.75) is 4.90 Å². The number of carbonyl (C=O) groups excluding carboxylic acids is 1. The molecule has 0 spiro atoms. The topological polar surface area (TPSA) is 101 Å². The minimum absolute atomic E-state index is 0.0874. The van der Waals surface area contributed by atoms with E-state index in [2.05, 4.69) is 36.2 Å². The van der Waals surface area contributed by atoms with Gasteiger partial charge in [0.25, 0.3) is 0 Å². The molecule has 0 bridgehead atoms. The Bertz CT molecular complexity index is 686. The zero-order valence-electron chi connectivity index (χ0n) is 9.91. The quantitative estimate of drug-likeness (QED) is 0.816. The van der Waals surface area contributed by atoms with Gasteiger partial charge in [-0.25, -0.2) is 13.1 Å². The van der Waals surface area contributed by atoms with Crippen LogP contribution in [0.5, 0.6) is 0 Å². The molecule has 0 atom stereocenters. The fraction of sp³-hybridized carbons (Fsp3) is 0.100. The third kappa shape index (κ3) is 4.07. The van der Waals surface area contributed by atoms with E-state index in [-0.39, 0.29) is 11.4 Å². The lowest BCUT2D eigenvalue weighted by atomic mass is 10.4. The van der Waals surface area contributed by atoms with Crippen molar-refractivity contribution in [2.24, 2.45) is 0 Å². The number of nitrogens with one attached hydrogen (secondary N) is 2. The predicted molar refractivity (Wildman–Crippen MR) is 77.9 cm³/mol. The Morgan fingerprint density at radius 3 is 2.60 bits per heavy atom. The van der Waals surface area contributed by atoms with Crippen molar-refractivity contribution in [3.8, 4) is 0 Å². The second-order valence-corrected chi connectivity index (χ2v) is 7.09. The highest BCUT2D eigenvalue weighted by Gasteiger charge is 2.15. The molecule has 1 aromatic carbocycles. The van der Waals surface area contributed by atoms with E-state index < -0.39 is 15.9 Å². The van der Waals surface area contributed by atoms with E-state index in [9.17, 15) is 13.2 Å². The maximum absolute atomic E-state index is 11.9. The van der Waals surface area contributed by atoms with Crippen LogP contribution in [0.15, 0.2) is 39.1 Å². The number of sulfonamides is 1. The first kappa shape index (κ1) is 15.0. The predicted octanol–water partition coefficient (Wildman–Crippen LogP) is 1.22. The Labute approximate surface area is 127 Å². The molecule has 0 fully saturated rings. The van der Waals surface area contributed by atoms with E-state index in [4.69, 9.17) is 0 Å². The number of carbonyl (C=O) groups is 1. The van der Waals surface area contributed by atoms with Gasteiger partial charge in [0.05, 0.1) is 11.4 Å². The van der Waals surface area contributed by atoms with E-state index in [1.165, 1.54) is 17.6 Å². The van der Waals surface area contributed by atoms with Crippen LogP contribution in [0, 0.1) is 0 Å². The summed E-state index contributed by atoms with van der Waals surface area (Å²) in [5.41, 5.74) is 1.46. The van der Waals surface area contributed by atoms with Crippen molar-refractivity contribution < 1.29 is 13.2 Å². The number of aromatic nitrogens is 2. The molecule has 2 rings (SSSR count). The molecule has 1 heterocycles. The van der Waals surface area contributed by atoms with Crippen molar-refractivity contribution >= 4 is 48.3 Å². The number of benzene rings is 1. The molecule has 0 aliphatic rings. The van der Waals surface area contributed by atoms with Crippen LogP contribution in [0.3, 0.4) is 0 Å². The lowest BCUT2D eigenvalue weighted by Crippen LogP contribution is -2.32. The molecule has 7 nitrogen and oxygen atoms in total. The second kappa shape index (κ2) is 6.39. The minimum Gasteiger partial charge on any atom is -0.299 e. The van der Waals surface area contributed by atoms with Gasteiger partial charge in [-0.05, 0) is 24.3 Å². The molecule has 2 N–H and O–H groups in total. The summed E-state index contributed by atoms with van der Waals surface area (Å²) in [6.45, 7) is -0.377. The van der Waals surface area contributed by atoms with Gasteiger partial charge in [-0.3, -0.25) is 10.1 Å². The zero-order valence-corrected chi connectivity index (χ0v) is 13.1. The van der Waals surface area contributed by atoms with Gasteiger partial charge < -0.3 is 0 Å². The van der Waals surface area contributed by atoms with Gasteiger partial charge in [0.1, 0.15) is 5.51 Å². The van der Waals surface area contributed by atoms with Crippen molar-refractivity contribution in [3.05, 3.63) is 34.2 Å². The van der Waals surface area contributed by atoms with Gasteiger partial charge in [0.2, 0.25) is 21.1 Å². The molecule has 2 aromatic rings. The molecule has 0 unspecified atom stereocenters. The minimum atomic E-state index is -3.72. The molecule has 106 valence electrons. The SMILES string of the molecule is O=C(CNS(=O)(=O)c1ccc(Br)cc1)Nc1nncs1. The Kier molecular flexibility index (Phi) is 4.81. The third-order valence-electron chi connectivity index (χ3n) is 2.15. The summed E-state index contributed by atoms with van der Waals surface area (Å²) in [5, 5.41) is 9.92. The monoisotopic (exact) mass is 376 g/mol. The molecule has 0 saturated carbocycles. The summed E-state index contributed by atoms with van der Waals surface area (Å²) in [4.78, 5) is 11.6. The van der Waals surface area contributed by atoms with Gasteiger partial charge in [-0.1, -0.05) is 27.3 Å². The lowest BCUT2D eigenvalue weighted by molar-refractivity contribution is -0.115. The molecule has 0 saturated heterocycles. The molecule has 0 aliphatic heterocycles. The van der Waals surface area contributed by atoms with Crippen LogP contribution in [0.1, 0.15) is 0 Å². The highest BCUT2D eigenvalue weighted by Crippen LogP contribution is 2.14. The first-order valence-corrected chi connectivity index (χ1v) is 8.44. The Balaban J connectivity index is 1.95. The second-order valence-electron chi connectivity index (χ2n) is 3.57. The highest BCUT2D eigenvalue weighted by molar-refractivity contribution is 9.10. The van der Waals surface area contributed by atoms with Crippen LogP contribution in [-0.4, -0.2) is 31.1 Å². The summed E-state index contributed by atoms with van der Waals surface area (Å²) < 4.78 is 26.8. The Morgan fingerprint density at radius 1 is 1.30 bits per heavy atom. The highest BCUT2D eigenvalue weighted by atomic mass is 79.9. The number of anilines is 1. The number of rotatable bonds is 5. The summed E-state index contributed by atoms with van der Waals surface area (Å²) >= 11 is 4.36. The lowest BCUT2D eigenvalue weighted by Gasteiger charge is -2.06. The van der Waals surface area contributed by atoms with Gasteiger partial charge >= 0.3 is 0 Å². The fourth-order valence-corrected chi connectivity index (χ4v) is 2.96. The maximum atomic E-state index is 11.9. The average Bonchev–Trinajstić information content (AvgIpc) is 2.90. The van der Waals surface area contributed by atoms with Gasteiger partial charge in [0.15, 0.2) is 0 Å². The van der Waals surface area contributed by atoms with Crippen LogP contribution in [0.2, 0.25) is 0 Å². The van der Waals surface area contributed by atoms with Crippen molar-refractivity contribution in [1.29, 1.82) is 0 Å². The number of hydrogen-bond acceptors (Lipinski definition) is 6. The number of halogens is 1. The van der Waals surface area contributed by atoms with Crippen LogP contribution >= 0.6 is 27.3 Å². The summed E-state index contributed by atoms with van der Waals surface area (Å²) in [7, 11) is -3.72. The maximum Gasteiger partial charge on any atom is 0.241 e. The molecule has 1 aromatic heterocycles. The molecular weight excluding hydrogens is 368 g/mol. The molecule has 1 amide bonds. The van der Waals surface area contributed by atoms with E-state index in [1.54, 1.807) is 12.1 Å². The van der Waals surface area contributed by atoms with Gasteiger partial charge in [-0.2, -0.15) is 0 Å². The van der Waals surface area contributed by atoms with Crippen LogP contribution in [-0.2, 0) is 14.8 Å². The first-order chi connectivity index (χ1) is 9.47. The van der Waals surface area contributed by atoms with E-state index in [0.717, 1.165) is 15.8 Å². The van der Waals surface area contributed by atoms with Crippen molar-refractivity contribution in [3.63, 3.8) is 0 Å². The molecule has 10 heteroatoms. The van der Waals surface area contributed by atoms with E-state index in [0.29, 0.717) is 5.13 Å². The largest absolute Gasteiger partial charge is 0.299 e. The smallest absolute Gasteiger partial charge is 0.241 e. The van der Waals surface area contributed by atoms with E-state index >= 15 is 0 Å². The third-order valence-corrected chi connectivity index (χ3v) is 4.71. The van der Waals surface area contributed by atoms with Crippen LogP contribution < -0.4 is 10.0 Å². The average molecular weight is 377 g/mol. The standard InChI is InChI=1S/C10H9BrN4O3S2/c11-7-1-3-8(4-2-7)20(17,18)13-5-9(16)14-10-15-12-6-19-10/h1-4,6,13H,5H2,(H,14,15,16). The molecule has 20 heavy (non-hydrogen) atoms. The van der Waals surface area contributed by atoms with Gasteiger partial charge in [0, 0.05) is 4.47 Å². The number of hydrogen-bond donors (Lipinski definition) is 2. The van der Waals surface area contributed by atoms with Crippen LogP contribution in [0.4, 0.5) is 5.13 Å². The van der Waals surface area contributed by atoms with Crippen LogP contribution in [0.25, 0.3) is 0 Å². The van der Waals surface area contributed by atoms with Crippen molar-refractivity contribution in [2.75, 3.05) is 11.9 Å². The summed E-state index contributed by atoms with van der Waals surface area (Å²) in [6, 6.07) is 6.09. The Morgan fingerprint density at radius 2 is 2.00 bits per heavy atom. The van der Waals surface area contributed by atoms with E-state index in [1.807, 2.05) is 0 Å². The van der Waals surface area contributed by atoms with Gasteiger partial charge in [-0.15, -0.1) is 10.2 Å². The number of amides is 1. The molecule has 0 radical (unpaired) electrons. The Hall–Kier alpha value is -1.36. The fourth-order valence-electron chi connectivity index (χ4n) is 1.25.